The highest BCUT2D eigenvalue weighted by molar-refractivity contribution is 5.71. The number of hydrogen-bond acceptors (Lipinski definition) is 7. The minimum Gasteiger partial charge on any atom is -0.497 e. The predicted octanol–water partition coefficient (Wildman–Crippen LogP) is 34.7. The van der Waals surface area contributed by atoms with Gasteiger partial charge in [-0.15, -0.1) is 0 Å². The van der Waals surface area contributed by atoms with Gasteiger partial charge in [0.1, 0.15) is 45.8 Å². The number of hydrogen-bond donors (Lipinski definition) is 0. The minimum absolute atomic E-state index is 0.147. The summed E-state index contributed by atoms with van der Waals surface area (Å²) in [7, 11) is 1.68. The third kappa shape index (κ3) is 36.6. The molecule has 0 saturated carbocycles. The summed E-state index contributed by atoms with van der Waals surface area (Å²) in [6.07, 6.45) is 2.56. The zero-order valence-electron chi connectivity index (χ0n) is 81.7. The molecule has 0 spiro atoms. The molecule has 0 heterocycles. The first-order valence-electron chi connectivity index (χ1n) is 46.4. The smallest absolute Gasteiger partial charge is 0.120 e. The van der Waals surface area contributed by atoms with Crippen LogP contribution in [0.2, 0.25) is 0 Å². The van der Waals surface area contributed by atoms with Gasteiger partial charge in [-0.1, -0.05) is 382 Å². The quantitative estimate of drug-likeness (QED) is 0.0632. The molecule has 7 nitrogen and oxygen atoms in total. The van der Waals surface area contributed by atoms with Crippen molar-refractivity contribution in [3.63, 3.8) is 0 Å². The Morgan fingerprint density at radius 1 is 0.227 bits per heavy atom. The van der Waals surface area contributed by atoms with E-state index in [-0.39, 0.29) is 17.8 Å². The second kappa shape index (κ2) is 53.9. The first-order valence-corrected chi connectivity index (χ1v) is 46.4. The van der Waals surface area contributed by atoms with Gasteiger partial charge in [0.15, 0.2) is 0 Å². The molecular formula is C125H138O7. The summed E-state index contributed by atoms with van der Waals surface area (Å²) < 4.78 is 39.0. The summed E-state index contributed by atoms with van der Waals surface area (Å²) >= 11 is 0. The minimum atomic E-state index is -0.147. The normalized spacial score (nSPS) is 10.7. The van der Waals surface area contributed by atoms with Crippen LogP contribution in [0.15, 0.2) is 394 Å². The van der Waals surface area contributed by atoms with Crippen molar-refractivity contribution in [1.29, 1.82) is 0 Å². The lowest BCUT2D eigenvalue weighted by molar-refractivity contribution is 0.131. The van der Waals surface area contributed by atoms with Crippen LogP contribution in [-0.2, 0) is 0 Å². The molecule has 0 bridgehead atoms. The Morgan fingerprint density at radius 3 is 0.659 bits per heavy atom. The summed E-state index contributed by atoms with van der Waals surface area (Å²) in [6.45, 7) is 41.9. The summed E-state index contributed by atoms with van der Waals surface area (Å²) in [5.41, 5.74) is 30.0. The molecule has 16 rings (SSSR count). The van der Waals surface area contributed by atoms with E-state index in [1.54, 1.807) is 7.11 Å². The molecule has 680 valence electrons. The Kier molecular flexibility index (Phi) is 41.6. The van der Waals surface area contributed by atoms with E-state index in [0.29, 0.717) is 12.5 Å². The molecule has 1 unspecified atom stereocenters. The van der Waals surface area contributed by atoms with E-state index in [2.05, 4.69) is 414 Å². The van der Waals surface area contributed by atoms with Crippen molar-refractivity contribution in [2.45, 2.75) is 162 Å². The highest BCUT2D eigenvalue weighted by Gasteiger charge is 2.13. The molecule has 132 heavy (non-hydrogen) atoms. The Bertz CT molecular complexity index is 5850. The number of aryl methyl sites for hydroxylation is 8. The molecule has 16 aromatic rings. The van der Waals surface area contributed by atoms with Gasteiger partial charge in [0.2, 0.25) is 0 Å². The van der Waals surface area contributed by atoms with E-state index < -0.39 is 0 Å². The molecule has 0 fully saturated rings. The molecule has 1 atom stereocenters. The monoisotopic (exact) mass is 1750 g/mol. The zero-order chi connectivity index (χ0) is 94.6. The van der Waals surface area contributed by atoms with Crippen molar-refractivity contribution < 1.29 is 33.2 Å². The molecule has 7 heteroatoms. The number of methoxy groups -OCH3 is 1. The maximum Gasteiger partial charge on any atom is 0.120 e. The van der Waals surface area contributed by atoms with Crippen molar-refractivity contribution >= 4 is 0 Å². The highest BCUT2D eigenvalue weighted by Crippen LogP contribution is 2.32. The SMILES string of the molecule is CCC(C)Oc1ccc(-c2ccc(C)cc2)cc1.CCCOc1ccc(-c2ccc(C)cc2)cc1.CCOc1ccc(-c2ccc(C)cc2)cc1.COc1ccc(-c2ccc(C)cc2)cc1.Cc1ccc(-c2ccc(OC(C)(C)C)cc2)cc1.Cc1ccc(-c2ccc(OC(C)C)cc2)cc1.Cc1ccc(-c2ccc(OCC(C)C)cc2)cc1.Cc1ccc(-c2ccccc2)cc1. The van der Waals surface area contributed by atoms with Gasteiger partial charge in [-0.25, -0.2) is 0 Å². The van der Waals surface area contributed by atoms with Crippen LogP contribution in [0.4, 0.5) is 0 Å². The highest BCUT2D eigenvalue weighted by atomic mass is 16.5. The molecule has 16 aromatic carbocycles. The molecule has 0 N–H and O–H groups in total. The van der Waals surface area contributed by atoms with E-state index in [0.717, 1.165) is 66.3 Å². The molecule has 0 aliphatic rings. The summed E-state index contributed by atoms with van der Waals surface area (Å²) in [5.74, 6) is 7.06. The van der Waals surface area contributed by atoms with Crippen LogP contribution < -0.4 is 33.2 Å². The van der Waals surface area contributed by atoms with Crippen molar-refractivity contribution in [2.75, 3.05) is 26.9 Å². The van der Waals surface area contributed by atoms with Gasteiger partial charge in [0.25, 0.3) is 0 Å². The van der Waals surface area contributed by atoms with Crippen LogP contribution in [0.3, 0.4) is 0 Å². The van der Waals surface area contributed by atoms with E-state index in [1.807, 2.05) is 112 Å². The fourth-order valence-corrected chi connectivity index (χ4v) is 13.4. The van der Waals surface area contributed by atoms with Crippen molar-refractivity contribution in [2.24, 2.45) is 5.92 Å². The van der Waals surface area contributed by atoms with Crippen molar-refractivity contribution in [1.82, 2.24) is 0 Å². The third-order valence-electron chi connectivity index (χ3n) is 21.1. The molecule has 0 aromatic heterocycles. The lowest BCUT2D eigenvalue weighted by Crippen LogP contribution is -2.22. The van der Waals surface area contributed by atoms with Crippen molar-refractivity contribution in [3.8, 4) is 129 Å². The Hall–Kier alpha value is -13.9. The summed E-state index contributed by atoms with van der Waals surface area (Å²) in [4.78, 5) is 0. The molecular weight excluding hydrogens is 1610 g/mol. The first-order chi connectivity index (χ1) is 63.7. The van der Waals surface area contributed by atoms with Gasteiger partial charge in [-0.05, 0) is 297 Å². The van der Waals surface area contributed by atoms with Crippen LogP contribution in [-0.4, -0.2) is 44.7 Å². The van der Waals surface area contributed by atoms with Gasteiger partial charge in [0.05, 0.1) is 39.1 Å². The van der Waals surface area contributed by atoms with E-state index >= 15 is 0 Å². The van der Waals surface area contributed by atoms with Crippen LogP contribution >= 0.6 is 0 Å². The number of rotatable bonds is 23. The average molecular weight is 1750 g/mol. The maximum absolute atomic E-state index is 5.81. The predicted molar refractivity (Wildman–Crippen MR) is 563 cm³/mol. The zero-order valence-corrected chi connectivity index (χ0v) is 81.7. The van der Waals surface area contributed by atoms with E-state index in [1.165, 1.54) is 134 Å². The van der Waals surface area contributed by atoms with Gasteiger partial charge in [-0.2, -0.15) is 0 Å². The van der Waals surface area contributed by atoms with E-state index in [9.17, 15) is 0 Å². The molecule has 0 aliphatic heterocycles. The second-order valence-corrected chi connectivity index (χ2v) is 34.9. The standard InChI is InChI=1S/3C17H20O.2C16H18O.C15H16O.C14H14O.C13H12/c1-13-5-7-14(8-6-13)15-9-11-16(12-10-15)18-17(2,3)4;1-13(2)12-18-17-10-8-16(9-11-17)15-6-4-14(3)5-7-15;1-4-14(3)18-17-11-9-16(10-12-17)15-7-5-13(2)6-8-15;1-12(2)17-16-10-8-15(9-11-16)14-6-4-13(3)5-7-14;1-3-12-17-16-10-8-15(9-11-16)14-6-4-13(2)5-7-14;1-3-16-15-10-8-14(9-11-15)13-6-4-12(2)5-7-13;1-11-3-5-12(6-4-11)13-7-9-14(15-2)10-8-13;1-11-7-9-13(10-8-11)12-5-3-2-4-6-12/h5-12H,1-4H3;4-11,13H,12H2,1-3H3;5-12,14H,4H2,1-3H3;4-12H,1-3H3;4-11H,3,12H2,1-2H3;4-11H,3H2,1-2H3;3-10H,1-2H3;2-10H,1H3. The number of ether oxygens (including phenoxy) is 7. The number of benzene rings is 16. The van der Waals surface area contributed by atoms with Gasteiger partial charge < -0.3 is 33.2 Å². The largest absolute Gasteiger partial charge is 0.497 e. The topological polar surface area (TPSA) is 64.6 Å². The van der Waals surface area contributed by atoms with Crippen molar-refractivity contribution in [3.05, 3.63) is 439 Å². The molecule has 0 amide bonds. The lowest BCUT2D eigenvalue weighted by atomic mass is 10.0. The van der Waals surface area contributed by atoms with Gasteiger partial charge in [0, 0.05) is 0 Å². The van der Waals surface area contributed by atoms with Gasteiger partial charge >= 0.3 is 0 Å². The Morgan fingerprint density at radius 2 is 0.439 bits per heavy atom. The van der Waals surface area contributed by atoms with Crippen LogP contribution in [0, 0.1) is 61.3 Å². The Balaban J connectivity index is 0.000000170. The first kappa shape index (κ1) is 102. The molecule has 0 radical (unpaired) electrons. The van der Waals surface area contributed by atoms with Gasteiger partial charge in [-0.3, -0.25) is 0 Å². The van der Waals surface area contributed by atoms with Crippen LogP contribution in [0.1, 0.15) is 134 Å². The maximum atomic E-state index is 5.81. The molecule has 0 aliphatic carbocycles. The fraction of sp³-hybridized carbons (Fsp3) is 0.232. The Labute approximate surface area is 791 Å². The third-order valence-corrected chi connectivity index (χ3v) is 21.1. The fourth-order valence-electron chi connectivity index (χ4n) is 13.4. The summed E-state index contributed by atoms with van der Waals surface area (Å²) in [5, 5.41) is 0. The van der Waals surface area contributed by atoms with Crippen LogP contribution in [0.5, 0.6) is 40.2 Å². The van der Waals surface area contributed by atoms with Crippen LogP contribution in [0.25, 0.3) is 89.0 Å². The molecule has 0 saturated heterocycles. The second-order valence-electron chi connectivity index (χ2n) is 34.9. The average Bonchev–Trinajstić information content (AvgIpc) is 0.855. The summed E-state index contributed by atoms with van der Waals surface area (Å²) in [6, 6.07) is 137. The van der Waals surface area contributed by atoms with E-state index in [4.69, 9.17) is 33.2 Å². The lowest BCUT2D eigenvalue weighted by Gasteiger charge is -2.21.